The molecular weight excluding hydrogens is 430 g/mol. The zero-order valence-electron chi connectivity index (χ0n) is 18.5. The second-order valence-corrected chi connectivity index (χ2v) is 9.75. The zero-order chi connectivity index (χ0) is 23.3. The van der Waals surface area contributed by atoms with E-state index in [0.717, 1.165) is 11.3 Å². The molecule has 0 radical (unpaired) electrons. The Balaban J connectivity index is 1.68. The van der Waals surface area contributed by atoms with E-state index in [9.17, 15) is 13.2 Å². The van der Waals surface area contributed by atoms with Crippen molar-refractivity contribution in [3.05, 3.63) is 65.9 Å². The van der Waals surface area contributed by atoms with Gasteiger partial charge in [-0.25, -0.2) is 8.42 Å². The summed E-state index contributed by atoms with van der Waals surface area (Å²) in [5.41, 5.74) is 1.83. The molecule has 1 heterocycles. The molecule has 32 heavy (non-hydrogen) atoms. The minimum absolute atomic E-state index is 0.0312. The Morgan fingerprint density at radius 1 is 1.12 bits per heavy atom. The molecule has 1 aromatic heterocycles. The Morgan fingerprint density at radius 2 is 1.78 bits per heavy atom. The highest BCUT2D eigenvalue weighted by Gasteiger charge is 2.19. The van der Waals surface area contributed by atoms with Gasteiger partial charge in [0.1, 0.15) is 5.75 Å². The number of amides is 1. The monoisotopic (exact) mass is 457 g/mol. The predicted molar refractivity (Wildman–Crippen MR) is 121 cm³/mol. The number of rotatable bonds is 9. The van der Waals surface area contributed by atoms with Crippen LogP contribution >= 0.6 is 0 Å². The van der Waals surface area contributed by atoms with E-state index in [2.05, 4.69) is 10.5 Å². The van der Waals surface area contributed by atoms with Crippen molar-refractivity contribution in [2.45, 2.75) is 17.9 Å². The van der Waals surface area contributed by atoms with Crippen LogP contribution in [-0.4, -0.2) is 57.9 Å². The van der Waals surface area contributed by atoms with E-state index in [0.29, 0.717) is 17.9 Å². The minimum atomic E-state index is -3.28. The van der Waals surface area contributed by atoms with E-state index in [-0.39, 0.29) is 28.3 Å². The Hall–Kier alpha value is -3.17. The highest BCUT2D eigenvalue weighted by atomic mass is 32.2. The molecule has 0 aliphatic heterocycles. The molecule has 1 amide bonds. The van der Waals surface area contributed by atoms with Gasteiger partial charge in [-0.05, 0) is 56.1 Å². The molecular formula is C23H27N3O5S. The maximum Gasteiger partial charge on any atom is 0.273 e. The van der Waals surface area contributed by atoms with Gasteiger partial charge in [0.25, 0.3) is 5.91 Å². The third-order valence-electron chi connectivity index (χ3n) is 5.20. The first-order valence-electron chi connectivity index (χ1n) is 10.1. The number of carbonyl (C=O) groups is 1. The average Bonchev–Trinajstić information content (AvgIpc) is 3.30. The van der Waals surface area contributed by atoms with Gasteiger partial charge in [0, 0.05) is 18.2 Å². The van der Waals surface area contributed by atoms with Gasteiger partial charge >= 0.3 is 0 Å². The number of aromatic nitrogens is 1. The molecule has 0 spiro atoms. The zero-order valence-corrected chi connectivity index (χ0v) is 19.3. The van der Waals surface area contributed by atoms with Gasteiger partial charge in [-0.1, -0.05) is 24.2 Å². The van der Waals surface area contributed by atoms with Crippen LogP contribution in [0.3, 0.4) is 0 Å². The number of ether oxygens (including phenoxy) is 1. The van der Waals surface area contributed by atoms with Crippen LogP contribution in [0.25, 0.3) is 11.3 Å². The molecule has 9 heteroatoms. The number of nitrogens with zero attached hydrogens (tertiary/aromatic N) is 2. The molecule has 2 aromatic carbocycles. The van der Waals surface area contributed by atoms with Crippen LogP contribution in [0.1, 0.15) is 29.0 Å². The molecule has 0 bridgehead atoms. The van der Waals surface area contributed by atoms with Gasteiger partial charge in [0.05, 0.1) is 23.8 Å². The molecule has 1 N–H and O–H groups in total. The first-order chi connectivity index (χ1) is 15.2. The maximum atomic E-state index is 12.6. The van der Waals surface area contributed by atoms with E-state index in [1.165, 1.54) is 18.2 Å². The quantitative estimate of drug-likeness (QED) is 0.526. The lowest BCUT2D eigenvalue weighted by Gasteiger charge is -2.25. The van der Waals surface area contributed by atoms with E-state index in [1.54, 1.807) is 26.2 Å². The summed E-state index contributed by atoms with van der Waals surface area (Å²) in [5, 5.41) is 6.76. The smallest absolute Gasteiger partial charge is 0.273 e. The molecule has 3 aromatic rings. The van der Waals surface area contributed by atoms with Crippen LogP contribution in [-0.2, 0) is 9.84 Å². The molecule has 1 unspecified atom stereocenters. The number of hydrogen-bond acceptors (Lipinski definition) is 7. The van der Waals surface area contributed by atoms with Crippen molar-refractivity contribution in [2.24, 2.45) is 0 Å². The molecule has 3 rings (SSSR count). The standard InChI is InChI=1S/C23H27N3O5S/c1-5-32(28,29)19-12-8-17(9-13-19)22-14-20(25-31-22)23(27)24-15-21(26(2)3)16-6-10-18(30-4)11-7-16/h6-14,21H,5,15H2,1-4H3,(H,24,27). The fourth-order valence-corrected chi connectivity index (χ4v) is 4.10. The highest BCUT2D eigenvalue weighted by molar-refractivity contribution is 7.91. The van der Waals surface area contributed by atoms with Gasteiger partial charge in [-0.15, -0.1) is 0 Å². The summed E-state index contributed by atoms with van der Waals surface area (Å²) < 4.78 is 34.4. The normalized spacial score (nSPS) is 12.5. The number of nitrogens with one attached hydrogen (secondary N) is 1. The average molecular weight is 458 g/mol. The number of methoxy groups -OCH3 is 1. The van der Waals surface area contributed by atoms with Crippen LogP contribution in [0.2, 0.25) is 0 Å². The van der Waals surface area contributed by atoms with Crippen LogP contribution in [0.15, 0.2) is 64.0 Å². The first kappa shape index (κ1) is 23.5. The third-order valence-corrected chi connectivity index (χ3v) is 6.95. The summed E-state index contributed by atoms with van der Waals surface area (Å²) in [5.74, 6) is 0.829. The molecule has 0 fully saturated rings. The summed E-state index contributed by atoms with van der Waals surface area (Å²) in [6.07, 6.45) is 0. The first-order valence-corrected chi connectivity index (χ1v) is 11.8. The minimum Gasteiger partial charge on any atom is -0.497 e. The Morgan fingerprint density at radius 3 is 2.34 bits per heavy atom. The van der Waals surface area contributed by atoms with E-state index < -0.39 is 9.84 Å². The topological polar surface area (TPSA) is 102 Å². The summed E-state index contributed by atoms with van der Waals surface area (Å²) in [6.45, 7) is 1.98. The number of likely N-dealkylation sites (N-methyl/N-ethyl adjacent to an activating group) is 1. The number of hydrogen-bond donors (Lipinski definition) is 1. The molecule has 170 valence electrons. The van der Waals surface area contributed by atoms with Gasteiger partial charge in [0.2, 0.25) is 0 Å². The van der Waals surface area contributed by atoms with Gasteiger partial charge < -0.3 is 19.5 Å². The lowest BCUT2D eigenvalue weighted by Crippen LogP contribution is -2.34. The van der Waals surface area contributed by atoms with E-state index in [4.69, 9.17) is 9.26 Å². The van der Waals surface area contributed by atoms with Crippen molar-refractivity contribution in [3.63, 3.8) is 0 Å². The van der Waals surface area contributed by atoms with Gasteiger partial charge in [0.15, 0.2) is 21.3 Å². The van der Waals surface area contributed by atoms with E-state index in [1.807, 2.05) is 43.3 Å². The fourth-order valence-electron chi connectivity index (χ4n) is 3.22. The molecule has 0 saturated heterocycles. The second-order valence-electron chi connectivity index (χ2n) is 7.47. The van der Waals surface area contributed by atoms with Crippen molar-refractivity contribution < 1.29 is 22.5 Å². The second kappa shape index (κ2) is 9.97. The molecule has 8 nitrogen and oxygen atoms in total. The summed E-state index contributed by atoms with van der Waals surface area (Å²) >= 11 is 0. The largest absolute Gasteiger partial charge is 0.497 e. The SMILES string of the molecule is CCS(=O)(=O)c1ccc(-c2cc(C(=O)NCC(c3ccc(OC)cc3)N(C)C)no2)cc1. The van der Waals surface area contributed by atoms with Crippen molar-refractivity contribution in [1.29, 1.82) is 0 Å². The summed E-state index contributed by atoms with van der Waals surface area (Å²) in [7, 11) is 2.23. The summed E-state index contributed by atoms with van der Waals surface area (Å²) in [4.78, 5) is 14.9. The highest BCUT2D eigenvalue weighted by Crippen LogP contribution is 2.24. The lowest BCUT2D eigenvalue weighted by molar-refractivity contribution is 0.0933. The molecule has 0 saturated carbocycles. The number of carbonyl (C=O) groups excluding carboxylic acids is 1. The van der Waals surface area contributed by atoms with Crippen molar-refractivity contribution >= 4 is 15.7 Å². The number of sulfone groups is 1. The Bertz CT molecular complexity index is 1150. The molecule has 0 aliphatic carbocycles. The Labute approximate surface area is 188 Å². The fraction of sp³-hybridized carbons (Fsp3) is 0.304. The Kier molecular flexibility index (Phi) is 7.32. The van der Waals surface area contributed by atoms with Crippen LogP contribution in [0, 0.1) is 0 Å². The van der Waals surface area contributed by atoms with Gasteiger partial charge in [-0.2, -0.15) is 0 Å². The predicted octanol–water partition coefficient (Wildman–Crippen LogP) is 3.18. The van der Waals surface area contributed by atoms with Crippen molar-refractivity contribution in [3.8, 4) is 17.1 Å². The molecule has 1 atom stereocenters. The van der Waals surface area contributed by atoms with E-state index >= 15 is 0 Å². The third kappa shape index (κ3) is 5.35. The molecule has 0 aliphatic rings. The maximum absolute atomic E-state index is 12.6. The van der Waals surface area contributed by atoms with Crippen LogP contribution in [0.5, 0.6) is 5.75 Å². The number of benzene rings is 2. The lowest BCUT2D eigenvalue weighted by atomic mass is 10.1. The van der Waals surface area contributed by atoms with Crippen molar-refractivity contribution in [2.75, 3.05) is 33.5 Å². The van der Waals surface area contributed by atoms with Gasteiger partial charge in [-0.3, -0.25) is 4.79 Å². The van der Waals surface area contributed by atoms with Crippen LogP contribution < -0.4 is 10.1 Å². The van der Waals surface area contributed by atoms with Crippen LogP contribution in [0.4, 0.5) is 0 Å². The summed E-state index contributed by atoms with van der Waals surface area (Å²) in [6, 6.07) is 15.5. The van der Waals surface area contributed by atoms with Crippen molar-refractivity contribution in [1.82, 2.24) is 15.4 Å².